The number of likely N-dealkylation sites (N-methyl/N-ethyl adjacent to an activating group) is 1. The molecule has 1 atom stereocenters. The Morgan fingerprint density at radius 3 is 2.21 bits per heavy atom. The molecule has 8 heteroatoms. The van der Waals surface area contributed by atoms with Gasteiger partial charge in [0.05, 0.1) is 18.0 Å². The first-order valence-electron chi connectivity index (χ1n) is 10.9. The van der Waals surface area contributed by atoms with Gasteiger partial charge in [-0.25, -0.2) is 8.42 Å². The monoisotopic (exact) mass is 481 g/mol. The Balaban J connectivity index is 1.77. The van der Waals surface area contributed by atoms with Crippen LogP contribution in [0.15, 0.2) is 71.6 Å². The van der Waals surface area contributed by atoms with Crippen LogP contribution in [0.3, 0.4) is 0 Å². The number of methoxy groups -OCH3 is 1. The first-order chi connectivity index (χ1) is 16.1. The number of carbonyl (C=O) groups excluding carboxylic acids is 1. The Bertz CT molecular complexity index is 1240. The molecule has 0 bridgehead atoms. The number of rotatable bonds is 9. The number of carbonyl (C=O) groups is 1. The lowest BCUT2D eigenvalue weighted by molar-refractivity contribution is 0.0941. The summed E-state index contributed by atoms with van der Waals surface area (Å²) < 4.78 is 33.6. The van der Waals surface area contributed by atoms with Gasteiger partial charge in [-0.15, -0.1) is 0 Å². The molecule has 0 radical (unpaired) electrons. The molecule has 3 rings (SSSR count). The van der Waals surface area contributed by atoms with Crippen LogP contribution in [-0.2, 0) is 10.0 Å². The maximum atomic E-state index is 13.0. The molecule has 0 aliphatic carbocycles. The highest BCUT2D eigenvalue weighted by molar-refractivity contribution is 7.92. The van der Waals surface area contributed by atoms with Gasteiger partial charge in [0.2, 0.25) is 0 Å². The van der Waals surface area contributed by atoms with Crippen molar-refractivity contribution in [1.29, 1.82) is 0 Å². The van der Waals surface area contributed by atoms with Gasteiger partial charge in [-0.05, 0) is 75.5 Å². The molecule has 3 aromatic rings. The van der Waals surface area contributed by atoms with Crippen LogP contribution in [0.2, 0.25) is 0 Å². The van der Waals surface area contributed by atoms with Crippen molar-refractivity contribution in [2.45, 2.75) is 24.8 Å². The summed E-state index contributed by atoms with van der Waals surface area (Å²) in [7, 11) is 1.65. The fraction of sp³-hybridized carbons (Fsp3) is 0.269. The molecule has 34 heavy (non-hydrogen) atoms. The number of amides is 1. The van der Waals surface area contributed by atoms with Gasteiger partial charge in [-0.1, -0.05) is 35.9 Å². The van der Waals surface area contributed by atoms with Gasteiger partial charge in [0.1, 0.15) is 5.75 Å². The second kappa shape index (κ2) is 10.7. The number of nitrogens with zero attached hydrogens (tertiary/aromatic N) is 1. The molecule has 0 saturated carbocycles. The lowest BCUT2D eigenvalue weighted by atomic mass is 10.0. The van der Waals surface area contributed by atoms with E-state index in [1.165, 1.54) is 12.1 Å². The minimum atomic E-state index is -3.84. The zero-order valence-corrected chi connectivity index (χ0v) is 20.9. The fourth-order valence-corrected chi connectivity index (χ4v) is 4.64. The van der Waals surface area contributed by atoms with Crippen molar-refractivity contribution in [2.75, 3.05) is 32.5 Å². The summed E-state index contributed by atoms with van der Waals surface area (Å²) in [6, 6.07) is 19.3. The minimum absolute atomic E-state index is 0.0307. The highest BCUT2D eigenvalue weighted by Crippen LogP contribution is 2.22. The zero-order chi connectivity index (χ0) is 24.9. The maximum Gasteiger partial charge on any atom is 0.261 e. The molecule has 0 spiro atoms. The average molecular weight is 482 g/mol. The predicted molar refractivity (Wildman–Crippen MR) is 135 cm³/mol. The molecule has 3 aromatic carbocycles. The van der Waals surface area contributed by atoms with Crippen LogP contribution in [0, 0.1) is 13.8 Å². The van der Waals surface area contributed by atoms with E-state index in [0.29, 0.717) is 23.4 Å². The van der Waals surface area contributed by atoms with E-state index >= 15 is 0 Å². The molecule has 1 unspecified atom stereocenters. The van der Waals surface area contributed by atoms with Gasteiger partial charge < -0.3 is 15.0 Å². The molecule has 0 aliphatic rings. The van der Waals surface area contributed by atoms with Crippen molar-refractivity contribution < 1.29 is 17.9 Å². The van der Waals surface area contributed by atoms with E-state index in [4.69, 9.17) is 4.74 Å². The molecular formula is C26H31N3O4S. The second-order valence-corrected chi connectivity index (χ2v) is 10.1. The SMILES string of the molecule is COc1ccc(C(CNC(=O)c2cc(S(=O)(=O)Nc3ccc(C)cc3)ccc2C)N(C)C)cc1. The van der Waals surface area contributed by atoms with E-state index in [9.17, 15) is 13.2 Å². The van der Waals surface area contributed by atoms with E-state index < -0.39 is 10.0 Å². The molecule has 2 N–H and O–H groups in total. The quantitative estimate of drug-likeness (QED) is 0.480. The Labute approximate surface area is 201 Å². The van der Waals surface area contributed by atoms with Crippen LogP contribution >= 0.6 is 0 Å². The topological polar surface area (TPSA) is 87.7 Å². The summed E-state index contributed by atoms with van der Waals surface area (Å²) >= 11 is 0. The lowest BCUT2D eigenvalue weighted by Crippen LogP contribution is -2.35. The summed E-state index contributed by atoms with van der Waals surface area (Å²) in [4.78, 5) is 15.1. The largest absolute Gasteiger partial charge is 0.497 e. The number of nitrogens with one attached hydrogen (secondary N) is 2. The number of ether oxygens (including phenoxy) is 1. The second-order valence-electron chi connectivity index (χ2n) is 8.41. The smallest absolute Gasteiger partial charge is 0.261 e. The molecule has 1 amide bonds. The molecule has 0 aliphatic heterocycles. The molecule has 7 nitrogen and oxygen atoms in total. The fourth-order valence-electron chi connectivity index (χ4n) is 3.56. The van der Waals surface area contributed by atoms with Gasteiger partial charge in [0.25, 0.3) is 15.9 Å². The zero-order valence-electron chi connectivity index (χ0n) is 20.1. The number of anilines is 1. The van der Waals surface area contributed by atoms with Crippen molar-refractivity contribution in [3.8, 4) is 5.75 Å². The van der Waals surface area contributed by atoms with Gasteiger partial charge in [-0.3, -0.25) is 9.52 Å². The number of hydrogen-bond donors (Lipinski definition) is 2. The predicted octanol–water partition coefficient (Wildman–Crippen LogP) is 4.15. The Morgan fingerprint density at radius 1 is 0.971 bits per heavy atom. The number of aryl methyl sites for hydroxylation is 2. The highest BCUT2D eigenvalue weighted by atomic mass is 32.2. The van der Waals surface area contributed by atoms with Crippen molar-refractivity contribution in [2.24, 2.45) is 0 Å². The Morgan fingerprint density at radius 2 is 1.62 bits per heavy atom. The third-order valence-electron chi connectivity index (χ3n) is 5.65. The molecule has 0 fully saturated rings. The third kappa shape index (κ3) is 6.15. The molecule has 0 saturated heterocycles. The van der Waals surface area contributed by atoms with Crippen LogP contribution in [0.4, 0.5) is 5.69 Å². The van der Waals surface area contributed by atoms with Gasteiger partial charge in [-0.2, -0.15) is 0 Å². The molecule has 0 heterocycles. The van der Waals surface area contributed by atoms with Crippen LogP contribution in [0.5, 0.6) is 5.75 Å². The molecule has 0 aromatic heterocycles. The first kappa shape index (κ1) is 25.3. The number of hydrogen-bond acceptors (Lipinski definition) is 5. The van der Waals surface area contributed by atoms with Gasteiger partial charge >= 0.3 is 0 Å². The third-order valence-corrected chi connectivity index (χ3v) is 7.03. The van der Waals surface area contributed by atoms with Crippen molar-refractivity contribution in [3.63, 3.8) is 0 Å². The molecular weight excluding hydrogens is 450 g/mol. The van der Waals surface area contributed by atoms with Crippen LogP contribution < -0.4 is 14.8 Å². The van der Waals surface area contributed by atoms with Gasteiger partial charge in [0.15, 0.2) is 0 Å². The highest BCUT2D eigenvalue weighted by Gasteiger charge is 2.20. The molecule has 180 valence electrons. The minimum Gasteiger partial charge on any atom is -0.497 e. The summed E-state index contributed by atoms with van der Waals surface area (Å²) in [5.74, 6) is 0.434. The van der Waals surface area contributed by atoms with Gasteiger partial charge in [0, 0.05) is 17.8 Å². The van der Waals surface area contributed by atoms with E-state index in [1.807, 2.05) is 62.3 Å². The van der Waals surface area contributed by atoms with Crippen molar-refractivity contribution in [1.82, 2.24) is 10.2 Å². The summed E-state index contributed by atoms with van der Waals surface area (Å²) in [5, 5.41) is 2.96. The summed E-state index contributed by atoms with van der Waals surface area (Å²) in [6.07, 6.45) is 0. The van der Waals surface area contributed by atoms with Crippen LogP contribution in [0.1, 0.15) is 33.1 Å². The van der Waals surface area contributed by atoms with E-state index in [1.54, 1.807) is 32.2 Å². The lowest BCUT2D eigenvalue weighted by Gasteiger charge is -2.25. The first-order valence-corrected chi connectivity index (χ1v) is 12.4. The Hall–Kier alpha value is -3.36. The summed E-state index contributed by atoms with van der Waals surface area (Å²) in [6.45, 7) is 4.07. The van der Waals surface area contributed by atoms with Crippen molar-refractivity contribution >= 4 is 21.6 Å². The van der Waals surface area contributed by atoms with E-state index in [2.05, 4.69) is 10.0 Å². The van der Waals surface area contributed by atoms with Crippen LogP contribution in [-0.4, -0.2) is 47.0 Å². The maximum absolute atomic E-state index is 13.0. The number of benzene rings is 3. The normalized spacial score (nSPS) is 12.3. The van der Waals surface area contributed by atoms with Crippen LogP contribution in [0.25, 0.3) is 0 Å². The summed E-state index contributed by atoms with van der Waals surface area (Å²) in [5.41, 5.74) is 3.53. The standard InChI is InChI=1S/C26H31N3O4S/c1-18-6-11-21(12-7-18)28-34(31,32)23-15-8-19(2)24(16-23)26(30)27-17-25(29(3)4)20-9-13-22(33-5)14-10-20/h6-16,25,28H,17H2,1-5H3,(H,27,30). The van der Waals surface area contributed by atoms with Crippen molar-refractivity contribution in [3.05, 3.63) is 89.0 Å². The Kier molecular flexibility index (Phi) is 7.96. The number of sulfonamides is 1. The van der Waals surface area contributed by atoms with E-state index in [0.717, 1.165) is 16.9 Å². The van der Waals surface area contributed by atoms with E-state index in [-0.39, 0.29) is 16.8 Å². The average Bonchev–Trinajstić information content (AvgIpc) is 2.80.